The van der Waals surface area contributed by atoms with Crippen molar-refractivity contribution in [1.29, 1.82) is 0 Å². The lowest BCUT2D eigenvalue weighted by Crippen LogP contribution is -2.45. The molecule has 3 amide bonds. The van der Waals surface area contributed by atoms with E-state index in [2.05, 4.69) is 10.4 Å². The van der Waals surface area contributed by atoms with Gasteiger partial charge in [0.15, 0.2) is 0 Å². The predicted octanol–water partition coefficient (Wildman–Crippen LogP) is 2.79. The summed E-state index contributed by atoms with van der Waals surface area (Å²) in [5.74, 6) is -0.352. The number of nitrogens with one attached hydrogen (secondary N) is 1. The Hall–Kier alpha value is -2.90. The zero-order valence-electron chi connectivity index (χ0n) is 16.3. The molecule has 2 aliphatic rings. The van der Waals surface area contributed by atoms with E-state index >= 15 is 0 Å². The minimum absolute atomic E-state index is 0.0460. The van der Waals surface area contributed by atoms with E-state index in [1.807, 2.05) is 6.92 Å². The van der Waals surface area contributed by atoms with E-state index in [1.54, 1.807) is 40.6 Å². The summed E-state index contributed by atoms with van der Waals surface area (Å²) in [6.45, 7) is 5.36. The van der Waals surface area contributed by atoms with Gasteiger partial charge in [0.05, 0.1) is 12.2 Å². The van der Waals surface area contributed by atoms with Crippen LogP contribution in [0.2, 0.25) is 0 Å². The standard InChI is InChI=1S/C20H24FN5O2/c1-12-9-14(5-6-16(12)21)22-20(28)25-11-15-17(10-13(25)2)23-26-8-4-7-24(3)19(27)18(15)26/h5-6,9,13H,4,7-8,10-11H2,1-3H3,(H,22,28)/t13-/m1/s1. The lowest BCUT2D eigenvalue weighted by Gasteiger charge is -2.33. The van der Waals surface area contributed by atoms with Crippen molar-refractivity contribution in [1.82, 2.24) is 19.6 Å². The minimum Gasteiger partial charge on any atom is -0.340 e. The number of hydrogen-bond donors (Lipinski definition) is 1. The van der Waals surface area contributed by atoms with Gasteiger partial charge in [-0.3, -0.25) is 9.48 Å². The van der Waals surface area contributed by atoms with Crippen molar-refractivity contribution in [3.63, 3.8) is 0 Å². The van der Waals surface area contributed by atoms with Crippen LogP contribution in [0.15, 0.2) is 18.2 Å². The smallest absolute Gasteiger partial charge is 0.322 e. The number of halogens is 1. The lowest BCUT2D eigenvalue weighted by atomic mass is 9.99. The highest BCUT2D eigenvalue weighted by Crippen LogP contribution is 2.28. The molecule has 3 heterocycles. The van der Waals surface area contributed by atoms with Gasteiger partial charge in [-0.25, -0.2) is 9.18 Å². The first-order chi connectivity index (χ1) is 13.3. The van der Waals surface area contributed by atoms with Gasteiger partial charge in [0, 0.05) is 43.9 Å². The van der Waals surface area contributed by atoms with E-state index in [-0.39, 0.29) is 23.8 Å². The van der Waals surface area contributed by atoms with E-state index < -0.39 is 0 Å². The lowest BCUT2D eigenvalue weighted by molar-refractivity contribution is 0.0793. The van der Waals surface area contributed by atoms with E-state index in [0.29, 0.717) is 43.0 Å². The van der Waals surface area contributed by atoms with Crippen molar-refractivity contribution >= 4 is 17.6 Å². The zero-order valence-corrected chi connectivity index (χ0v) is 16.3. The van der Waals surface area contributed by atoms with E-state index in [0.717, 1.165) is 17.7 Å². The molecule has 1 N–H and O–H groups in total. The fourth-order valence-corrected chi connectivity index (χ4v) is 3.93. The Morgan fingerprint density at radius 3 is 2.86 bits per heavy atom. The summed E-state index contributed by atoms with van der Waals surface area (Å²) >= 11 is 0. The van der Waals surface area contributed by atoms with Crippen LogP contribution in [0, 0.1) is 12.7 Å². The fraction of sp³-hybridized carbons (Fsp3) is 0.450. The van der Waals surface area contributed by atoms with Gasteiger partial charge < -0.3 is 15.1 Å². The summed E-state index contributed by atoms with van der Waals surface area (Å²) in [4.78, 5) is 29.1. The number of nitrogens with zero attached hydrogens (tertiary/aromatic N) is 4. The summed E-state index contributed by atoms with van der Waals surface area (Å²) in [7, 11) is 1.80. The second-order valence-corrected chi connectivity index (χ2v) is 7.65. The first-order valence-electron chi connectivity index (χ1n) is 9.53. The van der Waals surface area contributed by atoms with Crippen molar-refractivity contribution in [2.75, 3.05) is 18.9 Å². The molecule has 0 spiro atoms. The molecule has 148 valence electrons. The van der Waals surface area contributed by atoms with Crippen LogP contribution in [0.3, 0.4) is 0 Å². The van der Waals surface area contributed by atoms with E-state index in [9.17, 15) is 14.0 Å². The number of benzene rings is 1. The van der Waals surface area contributed by atoms with Crippen LogP contribution in [-0.4, -0.2) is 51.2 Å². The third kappa shape index (κ3) is 3.12. The summed E-state index contributed by atoms with van der Waals surface area (Å²) in [5, 5.41) is 7.50. The van der Waals surface area contributed by atoms with Crippen molar-refractivity contribution in [3.05, 3.63) is 46.5 Å². The van der Waals surface area contributed by atoms with Crippen LogP contribution in [0.1, 0.15) is 40.7 Å². The molecule has 0 saturated heterocycles. The molecular weight excluding hydrogens is 361 g/mol. The molecule has 28 heavy (non-hydrogen) atoms. The van der Waals surface area contributed by atoms with Crippen LogP contribution >= 0.6 is 0 Å². The highest BCUT2D eigenvalue weighted by atomic mass is 19.1. The van der Waals surface area contributed by atoms with Gasteiger partial charge in [-0.2, -0.15) is 5.10 Å². The Labute approximate surface area is 163 Å². The Morgan fingerprint density at radius 1 is 1.32 bits per heavy atom. The second-order valence-electron chi connectivity index (χ2n) is 7.65. The molecule has 1 aromatic carbocycles. The Balaban J connectivity index is 1.60. The van der Waals surface area contributed by atoms with Gasteiger partial charge in [0.25, 0.3) is 5.91 Å². The first-order valence-corrected chi connectivity index (χ1v) is 9.53. The van der Waals surface area contributed by atoms with Crippen molar-refractivity contribution < 1.29 is 14.0 Å². The van der Waals surface area contributed by atoms with Gasteiger partial charge in [-0.1, -0.05) is 0 Å². The van der Waals surface area contributed by atoms with Gasteiger partial charge in [0.1, 0.15) is 11.5 Å². The van der Waals surface area contributed by atoms with Gasteiger partial charge in [-0.05, 0) is 44.0 Å². The van der Waals surface area contributed by atoms with Gasteiger partial charge >= 0.3 is 6.03 Å². The van der Waals surface area contributed by atoms with Crippen LogP contribution in [0.25, 0.3) is 0 Å². The van der Waals surface area contributed by atoms with Crippen molar-refractivity contribution in [2.45, 2.75) is 45.8 Å². The molecule has 8 heteroatoms. The molecule has 1 atom stereocenters. The molecular formula is C20H24FN5O2. The highest BCUT2D eigenvalue weighted by molar-refractivity contribution is 5.95. The summed E-state index contributed by atoms with van der Waals surface area (Å²) in [6, 6.07) is 4.18. The van der Waals surface area contributed by atoms with Gasteiger partial charge in [0.2, 0.25) is 0 Å². The zero-order chi connectivity index (χ0) is 20.0. The number of rotatable bonds is 1. The Bertz CT molecular complexity index is 954. The normalized spacial score (nSPS) is 19.1. The average molecular weight is 385 g/mol. The maximum atomic E-state index is 13.5. The molecule has 0 aliphatic carbocycles. The summed E-state index contributed by atoms with van der Waals surface area (Å²) in [5.41, 5.74) is 3.35. The predicted molar refractivity (Wildman–Crippen MR) is 103 cm³/mol. The number of carbonyl (C=O) groups is 2. The molecule has 0 unspecified atom stereocenters. The Morgan fingerprint density at radius 2 is 2.11 bits per heavy atom. The molecule has 0 fully saturated rings. The molecule has 2 aromatic rings. The maximum absolute atomic E-state index is 13.5. The summed E-state index contributed by atoms with van der Waals surface area (Å²) < 4.78 is 15.3. The van der Waals surface area contributed by atoms with Crippen LogP contribution in [-0.2, 0) is 19.5 Å². The monoisotopic (exact) mass is 385 g/mol. The molecule has 2 aliphatic heterocycles. The number of amides is 3. The quantitative estimate of drug-likeness (QED) is 0.821. The van der Waals surface area contributed by atoms with Gasteiger partial charge in [-0.15, -0.1) is 0 Å². The molecule has 7 nitrogen and oxygen atoms in total. The highest BCUT2D eigenvalue weighted by Gasteiger charge is 2.35. The first kappa shape index (κ1) is 18.5. The number of hydrogen-bond acceptors (Lipinski definition) is 3. The third-order valence-corrected chi connectivity index (χ3v) is 5.57. The molecule has 4 rings (SSSR count). The van der Waals surface area contributed by atoms with E-state index in [1.165, 1.54) is 6.07 Å². The largest absolute Gasteiger partial charge is 0.340 e. The Kier molecular flexibility index (Phi) is 4.56. The summed E-state index contributed by atoms with van der Waals surface area (Å²) in [6.07, 6.45) is 1.46. The van der Waals surface area contributed by atoms with Crippen LogP contribution in [0.5, 0.6) is 0 Å². The van der Waals surface area contributed by atoms with Crippen LogP contribution < -0.4 is 5.32 Å². The second kappa shape index (κ2) is 6.92. The fourth-order valence-electron chi connectivity index (χ4n) is 3.93. The number of anilines is 1. The molecule has 0 bridgehead atoms. The number of fused-ring (bicyclic) bond motifs is 3. The van der Waals surface area contributed by atoms with Crippen molar-refractivity contribution in [2.24, 2.45) is 0 Å². The topological polar surface area (TPSA) is 70.5 Å². The molecule has 0 saturated carbocycles. The van der Waals surface area contributed by atoms with E-state index in [4.69, 9.17) is 0 Å². The number of urea groups is 1. The number of carbonyl (C=O) groups excluding carboxylic acids is 2. The minimum atomic E-state index is -0.306. The SMILES string of the molecule is Cc1cc(NC(=O)N2Cc3c(nn4c3C(=O)N(C)CCC4)C[C@H]2C)ccc1F. The number of aryl methyl sites for hydroxylation is 2. The molecule has 0 radical (unpaired) electrons. The molecule has 1 aromatic heterocycles. The number of aromatic nitrogens is 2. The average Bonchev–Trinajstić information content (AvgIpc) is 2.93. The van der Waals surface area contributed by atoms with Crippen molar-refractivity contribution in [3.8, 4) is 0 Å². The van der Waals surface area contributed by atoms with Crippen LogP contribution in [0.4, 0.5) is 14.9 Å². The third-order valence-electron chi connectivity index (χ3n) is 5.57. The maximum Gasteiger partial charge on any atom is 0.322 e.